The monoisotopic (exact) mass is 596 g/mol. The second kappa shape index (κ2) is 12.7. The molecule has 0 aliphatic rings. The van der Waals surface area contributed by atoms with Gasteiger partial charge in [0.1, 0.15) is 18.2 Å². The van der Waals surface area contributed by atoms with Gasteiger partial charge in [0.25, 0.3) is 5.91 Å². The standard InChI is InChI=1S/C28H25IN2O5/c1-4-35-28(33)21-8-10-23(11-9-21)31-27(32)22(16-30)13-20-14-24(29)26(25(15-20)34-3)36-17-19-7-5-6-18(2)12-19/h5-15H,4,17H2,1-3H3,(H,31,32)/b22-13+. The fourth-order valence-corrected chi connectivity index (χ4v) is 4.12. The van der Waals surface area contributed by atoms with E-state index in [0.29, 0.717) is 34.9 Å². The quantitative estimate of drug-likeness (QED) is 0.143. The number of nitriles is 1. The van der Waals surface area contributed by atoms with Crippen LogP contribution in [-0.2, 0) is 16.1 Å². The van der Waals surface area contributed by atoms with Gasteiger partial charge < -0.3 is 19.5 Å². The van der Waals surface area contributed by atoms with Gasteiger partial charge in [-0.25, -0.2) is 4.79 Å². The van der Waals surface area contributed by atoms with Gasteiger partial charge in [-0.05, 0) is 90.0 Å². The van der Waals surface area contributed by atoms with Crippen LogP contribution in [0.3, 0.4) is 0 Å². The third-order valence-corrected chi connectivity index (χ3v) is 5.85. The van der Waals surface area contributed by atoms with Gasteiger partial charge in [0, 0.05) is 5.69 Å². The van der Waals surface area contributed by atoms with Crippen molar-refractivity contribution in [2.75, 3.05) is 19.0 Å². The zero-order valence-corrected chi connectivity index (χ0v) is 22.3. The summed E-state index contributed by atoms with van der Waals surface area (Å²) >= 11 is 2.14. The summed E-state index contributed by atoms with van der Waals surface area (Å²) in [4.78, 5) is 24.5. The van der Waals surface area contributed by atoms with Crippen LogP contribution in [0.4, 0.5) is 5.69 Å². The van der Waals surface area contributed by atoms with E-state index in [2.05, 4.69) is 34.0 Å². The van der Waals surface area contributed by atoms with E-state index in [1.54, 1.807) is 37.3 Å². The Morgan fingerprint density at radius 1 is 1.11 bits per heavy atom. The van der Waals surface area contributed by atoms with Gasteiger partial charge in [-0.3, -0.25) is 4.79 Å². The molecule has 0 saturated carbocycles. The Morgan fingerprint density at radius 3 is 2.50 bits per heavy atom. The first kappa shape index (κ1) is 26.8. The Morgan fingerprint density at radius 2 is 1.86 bits per heavy atom. The Kier molecular flexibility index (Phi) is 9.47. The average molecular weight is 596 g/mol. The van der Waals surface area contributed by atoms with E-state index in [1.165, 1.54) is 13.2 Å². The highest BCUT2D eigenvalue weighted by molar-refractivity contribution is 14.1. The molecule has 0 heterocycles. The van der Waals surface area contributed by atoms with Crippen LogP contribution in [0, 0.1) is 21.8 Å². The van der Waals surface area contributed by atoms with E-state index in [9.17, 15) is 14.9 Å². The molecular weight excluding hydrogens is 571 g/mol. The number of methoxy groups -OCH3 is 1. The number of esters is 1. The van der Waals surface area contributed by atoms with Crippen LogP contribution in [0.25, 0.3) is 6.08 Å². The lowest BCUT2D eigenvalue weighted by molar-refractivity contribution is -0.112. The largest absolute Gasteiger partial charge is 0.493 e. The molecule has 0 aliphatic heterocycles. The second-order valence-corrected chi connectivity index (χ2v) is 8.90. The molecule has 184 valence electrons. The molecule has 0 unspecified atom stereocenters. The number of carbonyl (C=O) groups is 2. The van der Waals surface area contributed by atoms with E-state index < -0.39 is 11.9 Å². The number of hydrogen-bond acceptors (Lipinski definition) is 6. The van der Waals surface area contributed by atoms with Gasteiger partial charge in [-0.15, -0.1) is 0 Å². The number of anilines is 1. The van der Waals surface area contributed by atoms with E-state index in [0.717, 1.165) is 14.7 Å². The normalized spacial score (nSPS) is 10.8. The van der Waals surface area contributed by atoms with Crippen LogP contribution in [-0.4, -0.2) is 25.6 Å². The smallest absolute Gasteiger partial charge is 0.338 e. The van der Waals surface area contributed by atoms with Crippen molar-refractivity contribution in [3.05, 3.63) is 92.1 Å². The first-order valence-corrected chi connectivity index (χ1v) is 12.2. The maximum absolute atomic E-state index is 12.7. The van der Waals surface area contributed by atoms with Gasteiger partial charge >= 0.3 is 5.97 Å². The minimum absolute atomic E-state index is 0.0873. The lowest BCUT2D eigenvalue weighted by Gasteiger charge is -2.14. The van der Waals surface area contributed by atoms with Crippen LogP contribution in [0.5, 0.6) is 11.5 Å². The fourth-order valence-electron chi connectivity index (χ4n) is 3.34. The third-order valence-electron chi connectivity index (χ3n) is 5.05. The molecule has 0 fully saturated rings. The molecular formula is C28H25IN2O5. The molecule has 0 bridgehead atoms. The number of benzene rings is 3. The minimum atomic E-state index is -0.574. The predicted octanol–water partition coefficient (Wildman–Crippen LogP) is 5.91. The van der Waals surface area contributed by atoms with Crippen molar-refractivity contribution in [3.8, 4) is 17.6 Å². The predicted molar refractivity (Wildman–Crippen MR) is 146 cm³/mol. The molecule has 36 heavy (non-hydrogen) atoms. The summed E-state index contributed by atoms with van der Waals surface area (Å²) in [6.45, 7) is 4.41. The van der Waals surface area contributed by atoms with E-state index in [1.807, 2.05) is 37.3 Å². The Labute approximate surface area is 223 Å². The van der Waals surface area contributed by atoms with Crippen molar-refractivity contribution in [2.24, 2.45) is 0 Å². The van der Waals surface area contributed by atoms with Crippen LogP contribution < -0.4 is 14.8 Å². The maximum Gasteiger partial charge on any atom is 0.338 e. The maximum atomic E-state index is 12.7. The van der Waals surface area contributed by atoms with Crippen LogP contribution in [0.1, 0.15) is 34.0 Å². The number of hydrogen-bond donors (Lipinski definition) is 1. The number of amides is 1. The molecule has 1 amide bonds. The number of halogens is 1. The highest BCUT2D eigenvalue weighted by Gasteiger charge is 2.15. The number of rotatable bonds is 9. The van der Waals surface area contributed by atoms with E-state index >= 15 is 0 Å². The van der Waals surface area contributed by atoms with Crippen molar-refractivity contribution in [1.29, 1.82) is 5.26 Å². The molecule has 0 spiro atoms. The lowest BCUT2D eigenvalue weighted by Crippen LogP contribution is -2.13. The lowest BCUT2D eigenvalue weighted by atomic mass is 10.1. The molecule has 0 atom stereocenters. The molecule has 3 rings (SSSR count). The van der Waals surface area contributed by atoms with Crippen LogP contribution >= 0.6 is 22.6 Å². The van der Waals surface area contributed by atoms with Gasteiger partial charge in [0.2, 0.25) is 0 Å². The van der Waals surface area contributed by atoms with Crippen molar-refractivity contribution < 1.29 is 23.8 Å². The fraction of sp³-hybridized carbons (Fsp3) is 0.179. The highest BCUT2D eigenvalue weighted by atomic mass is 127. The average Bonchev–Trinajstić information content (AvgIpc) is 2.86. The number of nitrogens with zero attached hydrogens (tertiary/aromatic N) is 1. The second-order valence-electron chi connectivity index (χ2n) is 7.73. The molecule has 3 aromatic rings. The molecule has 0 radical (unpaired) electrons. The summed E-state index contributed by atoms with van der Waals surface area (Å²) < 4.78 is 17.3. The topological polar surface area (TPSA) is 97.7 Å². The van der Waals surface area contributed by atoms with Crippen molar-refractivity contribution >= 4 is 46.2 Å². The summed E-state index contributed by atoms with van der Waals surface area (Å²) in [5, 5.41) is 12.3. The molecule has 7 nitrogen and oxygen atoms in total. The van der Waals surface area contributed by atoms with Gasteiger partial charge in [0.15, 0.2) is 11.5 Å². The summed E-state index contributed by atoms with van der Waals surface area (Å²) in [6.07, 6.45) is 1.48. The molecule has 0 aliphatic carbocycles. The third kappa shape index (κ3) is 7.09. The number of aryl methyl sites for hydroxylation is 1. The Hall–Kier alpha value is -3.84. The molecule has 0 aromatic heterocycles. The summed E-state index contributed by atoms with van der Waals surface area (Å²) in [6, 6.07) is 19.8. The van der Waals surface area contributed by atoms with E-state index in [4.69, 9.17) is 14.2 Å². The molecule has 3 aromatic carbocycles. The SMILES string of the molecule is CCOC(=O)c1ccc(NC(=O)/C(C#N)=C/c2cc(I)c(OCc3cccc(C)c3)c(OC)c2)cc1. The van der Waals surface area contributed by atoms with Crippen LogP contribution in [0.2, 0.25) is 0 Å². The van der Waals surface area contributed by atoms with Gasteiger partial charge in [-0.2, -0.15) is 5.26 Å². The Bertz CT molecular complexity index is 1330. The summed E-state index contributed by atoms with van der Waals surface area (Å²) in [7, 11) is 1.54. The number of ether oxygens (including phenoxy) is 3. The zero-order valence-electron chi connectivity index (χ0n) is 20.1. The minimum Gasteiger partial charge on any atom is -0.493 e. The molecule has 1 N–H and O–H groups in total. The Balaban J connectivity index is 1.76. The van der Waals surface area contributed by atoms with Gasteiger partial charge in [0.05, 0.1) is 22.9 Å². The highest BCUT2D eigenvalue weighted by Crippen LogP contribution is 2.35. The summed E-state index contributed by atoms with van der Waals surface area (Å²) in [5.41, 5.74) is 3.53. The summed E-state index contributed by atoms with van der Waals surface area (Å²) in [5.74, 6) is 0.0624. The van der Waals surface area contributed by atoms with Crippen molar-refractivity contribution in [1.82, 2.24) is 0 Å². The molecule has 8 heteroatoms. The first-order valence-electron chi connectivity index (χ1n) is 11.1. The van der Waals surface area contributed by atoms with Gasteiger partial charge in [-0.1, -0.05) is 29.8 Å². The van der Waals surface area contributed by atoms with Crippen molar-refractivity contribution in [2.45, 2.75) is 20.5 Å². The number of carbonyl (C=O) groups excluding carboxylic acids is 2. The van der Waals surface area contributed by atoms with E-state index in [-0.39, 0.29) is 12.2 Å². The number of nitrogens with one attached hydrogen (secondary N) is 1. The zero-order chi connectivity index (χ0) is 26.1. The molecule has 0 saturated heterocycles. The van der Waals surface area contributed by atoms with Crippen molar-refractivity contribution in [3.63, 3.8) is 0 Å². The van der Waals surface area contributed by atoms with Crippen LogP contribution in [0.15, 0.2) is 66.2 Å². The first-order chi connectivity index (χ1) is 17.3.